The van der Waals surface area contributed by atoms with Gasteiger partial charge in [-0.2, -0.15) is 5.26 Å². The molecule has 0 amide bonds. The highest BCUT2D eigenvalue weighted by atomic mass is 32.2. The Morgan fingerprint density at radius 1 is 1.37 bits per heavy atom. The number of aryl methyl sites for hydroxylation is 1. The molecule has 5 nitrogen and oxygen atoms in total. The fourth-order valence-electron chi connectivity index (χ4n) is 1.68. The van der Waals surface area contributed by atoms with Crippen molar-refractivity contribution in [3.05, 3.63) is 46.4 Å². The molecule has 0 aliphatic heterocycles. The third-order valence-corrected chi connectivity index (χ3v) is 3.61. The summed E-state index contributed by atoms with van der Waals surface area (Å²) in [5.41, 5.74) is 0.985. The molecule has 2 aromatic rings. The Kier molecular flexibility index (Phi) is 4.81. The fraction of sp³-hybridized carbons (Fsp3) is 0.308. The van der Waals surface area contributed by atoms with Gasteiger partial charge in [0.05, 0.1) is 6.07 Å². The highest BCUT2D eigenvalue weighted by Gasteiger charge is 2.08. The Hall–Kier alpha value is -2.00. The Labute approximate surface area is 115 Å². The van der Waals surface area contributed by atoms with Gasteiger partial charge in [0.1, 0.15) is 0 Å². The molecule has 1 aromatic carbocycles. The van der Waals surface area contributed by atoms with Crippen molar-refractivity contribution in [3.8, 4) is 6.07 Å². The molecule has 0 unspecified atom stereocenters. The van der Waals surface area contributed by atoms with Crippen LogP contribution in [0.3, 0.4) is 0 Å². The summed E-state index contributed by atoms with van der Waals surface area (Å²) in [6, 6.07) is 12.1. The highest BCUT2D eigenvalue weighted by molar-refractivity contribution is 7.99. The number of nitrogens with zero attached hydrogens (tertiary/aromatic N) is 3. The van der Waals surface area contributed by atoms with E-state index in [4.69, 9.17) is 5.26 Å². The van der Waals surface area contributed by atoms with E-state index in [1.807, 2.05) is 30.3 Å². The van der Waals surface area contributed by atoms with Crippen LogP contribution in [0, 0.1) is 11.3 Å². The van der Waals surface area contributed by atoms with Gasteiger partial charge in [-0.3, -0.25) is 4.57 Å². The number of nitriles is 1. The van der Waals surface area contributed by atoms with E-state index in [9.17, 15) is 4.79 Å². The van der Waals surface area contributed by atoms with Gasteiger partial charge in [-0.05, 0) is 12.0 Å². The molecule has 1 aromatic heterocycles. The summed E-state index contributed by atoms with van der Waals surface area (Å²) in [7, 11) is 0. The maximum atomic E-state index is 11.7. The number of H-pyrrole nitrogens is 1. The largest absolute Gasteiger partial charge is 0.343 e. The first-order valence-electron chi connectivity index (χ1n) is 6.00. The third kappa shape index (κ3) is 3.73. The first kappa shape index (κ1) is 13.4. The van der Waals surface area contributed by atoms with E-state index in [1.54, 1.807) is 4.57 Å². The van der Waals surface area contributed by atoms with E-state index in [0.29, 0.717) is 23.9 Å². The van der Waals surface area contributed by atoms with Crippen molar-refractivity contribution >= 4 is 11.8 Å². The van der Waals surface area contributed by atoms with Crippen molar-refractivity contribution in [2.24, 2.45) is 0 Å². The Bertz CT molecular complexity index is 612. The van der Waals surface area contributed by atoms with Crippen LogP contribution in [0.1, 0.15) is 12.0 Å². The molecule has 0 fully saturated rings. The van der Waals surface area contributed by atoms with Crippen molar-refractivity contribution in [2.75, 3.05) is 5.75 Å². The predicted octanol–water partition coefficient (Wildman–Crippen LogP) is 1.82. The van der Waals surface area contributed by atoms with Gasteiger partial charge in [-0.1, -0.05) is 42.1 Å². The van der Waals surface area contributed by atoms with Gasteiger partial charge >= 0.3 is 5.69 Å². The second-order valence-corrected chi connectivity index (χ2v) is 5.02. The first-order chi connectivity index (χ1) is 9.31. The quantitative estimate of drug-likeness (QED) is 0.644. The minimum absolute atomic E-state index is 0.199. The molecule has 1 heterocycles. The van der Waals surface area contributed by atoms with Crippen LogP contribution >= 0.6 is 11.8 Å². The van der Waals surface area contributed by atoms with Crippen molar-refractivity contribution in [1.29, 1.82) is 5.26 Å². The number of aromatic amines is 1. The maximum absolute atomic E-state index is 11.7. The smallest absolute Gasteiger partial charge is 0.270 e. The summed E-state index contributed by atoms with van der Waals surface area (Å²) in [5, 5.41) is 15.6. The lowest BCUT2D eigenvalue weighted by atomic mass is 10.1. The van der Waals surface area contributed by atoms with E-state index in [0.717, 1.165) is 6.42 Å². The number of rotatable bonds is 6. The molecule has 0 atom stereocenters. The molecule has 0 aliphatic rings. The average Bonchev–Trinajstić information content (AvgIpc) is 2.79. The summed E-state index contributed by atoms with van der Waals surface area (Å²) in [4.78, 5) is 11.7. The Morgan fingerprint density at radius 2 is 2.16 bits per heavy atom. The monoisotopic (exact) mass is 274 g/mol. The third-order valence-electron chi connectivity index (χ3n) is 2.64. The zero-order valence-electron chi connectivity index (χ0n) is 10.4. The summed E-state index contributed by atoms with van der Waals surface area (Å²) < 4.78 is 1.62. The Balaban J connectivity index is 2.01. The van der Waals surface area contributed by atoms with Gasteiger partial charge in [0.25, 0.3) is 0 Å². The Morgan fingerprint density at radius 3 is 2.89 bits per heavy atom. The lowest BCUT2D eigenvalue weighted by Crippen LogP contribution is -2.18. The van der Waals surface area contributed by atoms with Crippen LogP contribution in [-0.2, 0) is 13.0 Å². The zero-order valence-corrected chi connectivity index (χ0v) is 11.2. The van der Waals surface area contributed by atoms with E-state index in [2.05, 4.69) is 16.3 Å². The second-order valence-electron chi connectivity index (χ2n) is 3.96. The number of thioether (sulfide) groups is 1. The lowest BCUT2D eigenvalue weighted by Gasteiger charge is -2.04. The van der Waals surface area contributed by atoms with E-state index in [1.165, 1.54) is 17.3 Å². The van der Waals surface area contributed by atoms with Gasteiger partial charge in [-0.25, -0.2) is 9.89 Å². The number of hydrogen-bond donors (Lipinski definition) is 1. The van der Waals surface area contributed by atoms with Crippen LogP contribution in [0.15, 0.2) is 40.3 Å². The molecule has 6 heteroatoms. The highest BCUT2D eigenvalue weighted by Crippen LogP contribution is 2.14. The molecule has 2 rings (SSSR count). The van der Waals surface area contributed by atoms with Gasteiger partial charge < -0.3 is 0 Å². The zero-order chi connectivity index (χ0) is 13.5. The van der Waals surface area contributed by atoms with Gasteiger partial charge in [0.15, 0.2) is 5.16 Å². The molecule has 0 aliphatic carbocycles. The minimum atomic E-state index is -0.199. The second kappa shape index (κ2) is 6.81. The molecule has 0 radical (unpaired) electrons. The average molecular weight is 274 g/mol. The van der Waals surface area contributed by atoms with Crippen LogP contribution in [0.2, 0.25) is 0 Å². The topological polar surface area (TPSA) is 74.5 Å². The summed E-state index contributed by atoms with van der Waals surface area (Å²) in [6.45, 7) is 0.592. The molecule has 0 bridgehead atoms. The van der Waals surface area contributed by atoms with Crippen LogP contribution in [0.25, 0.3) is 0 Å². The van der Waals surface area contributed by atoms with Crippen molar-refractivity contribution < 1.29 is 0 Å². The summed E-state index contributed by atoms with van der Waals surface area (Å²) in [5.74, 6) is 0.645. The SMILES string of the molecule is N#CCCSc1n[nH]c(=O)n1CCc1ccccc1. The van der Waals surface area contributed by atoms with E-state index >= 15 is 0 Å². The number of aromatic nitrogens is 3. The molecule has 19 heavy (non-hydrogen) atoms. The standard InChI is InChI=1S/C13H14N4OS/c14-8-4-10-19-13-16-15-12(18)17(13)9-7-11-5-2-1-3-6-11/h1-3,5-6H,4,7,9-10H2,(H,15,18). The number of nitrogens with one attached hydrogen (secondary N) is 1. The van der Waals surface area contributed by atoms with Crippen LogP contribution in [-0.4, -0.2) is 20.5 Å². The molecular formula is C13H14N4OS. The molecule has 1 N–H and O–H groups in total. The van der Waals surface area contributed by atoms with Crippen LogP contribution in [0.5, 0.6) is 0 Å². The number of benzene rings is 1. The maximum Gasteiger partial charge on any atom is 0.343 e. The minimum Gasteiger partial charge on any atom is -0.270 e. The van der Waals surface area contributed by atoms with Gasteiger partial charge in [-0.15, -0.1) is 5.10 Å². The molecular weight excluding hydrogens is 260 g/mol. The van der Waals surface area contributed by atoms with Crippen molar-refractivity contribution in [1.82, 2.24) is 14.8 Å². The van der Waals surface area contributed by atoms with Gasteiger partial charge in [0, 0.05) is 18.7 Å². The summed E-state index contributed by atoms with van der Waals surface area (Å²) >= 11 is 1.43. The molecule has 0 saturated carbocycles. The van der Waals surface area contributed by atoms with Crippen molar-refractivity contribution in [3.63, 3.8) is 0 Å². The normalized spacial score (nSPS) is 10.3. The fourth-order valence-corrected chi connectivity index (χ4v) is 2.50. The summed E-state index contributed by atoms with van der Waals surface area (Å²) in [6.07, 6.45) is 1.23. The molecule has 0 spiro atoms. The first-order valence-corrected chi connectivity index (χ1v) is 6.98. The van der Waals surface area contributed by atoms with Crippen LogP contribution in [0.4, 0.5) is 0 Å². The van der Waals surface area contributed by atoms with Crippen LogP contribution < -0.4 is 5.69 Å². The predicted molar refractivity (Wildman–Crippen MR) is 73.9 cm³/mol. The van der Waals surface area contributed by atoms with E-state index < -0.39 is 0 Å². The van der Waals surface area contributed by atoms with Gasteiger partial charge in [0.2, 0.25) is 0 Å². The lowest BCUT2D eigenvalue weighted by molar-refractivity contribution is 0.616. The van der Waals surface area contributed by atoms with Crippen molar-refractivity contribution in [2.45, 2.75) is 24.5 Å². The number of hydrogen-bond acceptors (Lipinski definition) is 4. The van der Waals surface area contributed by atoms with E-state index in [-0.39, 0.29) is 5.69 Å². The molecule has 98 valence electrons. The molecule has 0 saturated heterocycles.